The highest BCUT2D eigenvalue weighted by molar-refractivity contribution is 5.84. The molecule has 2 aromatic rings. The molecule has 8 N–H and O–H groups in total. The van der Waals surface area contributed by atoms with E-state index in [2.05, 4.69) is 25.8 Å². The number of ether oxygens (including phenoxy) is 3. The van der Waals surface area contributed by atoms with Gasteiger partial charge in [0.2, 0.25) is 5.95 Å². The highest BCUT2D eigenvalue weighted by Crippen LogP contribution is 2.50. The summed E-state index contributed by atoms with van der Waals surface area (Å²) in [5, 5.41) is 20.8. The Hall–Kier alpha value is -2.13. The number of hydrazine groups is 2. The van der Waals surface area contributed by atoms with Gasteiger partial charge in [0.05, 0.1) is 24.5 Å². The van der Waals surface area contributed by atoms with Gasteiger partial charge in [-0.1, -0.05) is 0 Å². The maximum atomic E-state index is 11.0. The molecule has 4 rings (SSSR count). The molecule has 27 heavy (non-hydrogen) atoms. The molecule has 2 saturated heterocycles. The molecular weight excluding hydrogens is 360 g/mol. The number of nitrogen functional groups attached to an aromatic ring is 2. The van der Waals surface area contributed by atoms with Crippen molar-refractivity contribution in [2.45, 2.75) is 44.9 Å². The smallest absolute Gasteiger partial charge is 0.241 e. The fourth-order valence-electron chi connectivity index (χ4n) is 3.56. The van der Waals surface area contributed by atoms with Gasteiger partial charge in [-0.3, -0.25) is 9.99 Å². The quantitative estimate of drug-likeness (QED) is 0.256. The first-order valence-corrected chi connectivity index (χ1v) is 8.37. The first-order chi connectivity index (χ1) is 12.9. The fraction of sp³-hybridized carbons (Fsp3) is 0.643. The molecule has 0 radical (unpaired) electrons. The molecule has 4 heterocycles. The number of anilines is 2. The van der Waals surface area contributed by atoms with Crippen LogP contribution in [-0.4, -0.2) is 61.1 Å². The van der Waals surface area contributed by atoms with Crippen LogP contribution in [0.2, 0.25) is 0 Å². The Labute approximate surface area is 153 Å². The lowest BCUT2D eigenvalue weighted by Crippen LogP contribution is -2.58. The second-order valence-electron chi connectivity index (χ2n) is 6.69. The summed E-state index contributed by atoms with van der Waals surface area (Å²) in [4.78, 5) is 12.6. The Bertz CT molecular complexity index is 842. The minimum atomic E-state index is -1.08. The largest absolute Gasteiger partial charge is 0.394 e. The molecule has 0 aliphatic carbocycles. The molecule has 148 valence electrons. The monoisotopic (exact) mass is 382 g/mol. The first-order valence-electron chi connectivity index (χ1n) is 8.37. The summed E-state index contributed by atoms with van der Waals surface area (Å²) in [7, 11) is 0. The molecule has 2 aliphatic heterocycles. The summed E-state index contributed by atoms with van der Waals surface area (Å²) < 4.78 is 18.6. The van der Waals surface area contributed by atoms with Crippen LogP contribution in [-0.2, 0) is 14.2 Å². The van der Waals surface area contributed by atoms with Crippen LogP contribution in [0.4, 0.5) is 11.8 Å². The lowest BCUT2D eigenvalue weighted by Gasteiger charge is -2.46. The zero-order valence-electron chi connectivity index (χ0n) is 14.7. The number of aromatic nitrogens is 4. The van der Waals surface area contributed by atoms with Crippen molar-refractivity contribution in [2.75, 3.05) is 17.5 Å². The zero-order chi connectivity index (χ0) is 19.3. The lowest BCUT2D eigenvalue weighted by molar-refractivity contribution is -0.418. The van der Waals surface area contributed by atoms with Gasteiger partial charge >= 0.3 is 0 Å². The fourth-order valence-corrected chi connectivity index (χ4v) is 3.56. The molecule has 0 spiro atoms. The summed E-state index contributed by atoms with van der Waals surface area (Å²) in [5.41, 5.74) is 4.48. The average molecular weight is 382 g/mol. The van der Waals surface area contributed by atoms with E-state index >= 15 is 0 Å². The molecule has 2 aromatic heterocycles. The number of fused-ring (bicyclic) bond motifs is 1. The van der Waals surface area contributed by atoms with Gasteiger partial charge < -0.3 is 29.8 Å². The van der Waals surface area contributed by atoms with Gasteiger partial charge in [-0.25, -0.2) is 16.7 Å². The van der Waals surface area contributed by atoms with Crippen molar-refractivity contribution in [3.63, 3.8) is 0 Å². The Morgan fingerprint density at radius 2 is 2.00 bits per heavy atom. The van der Waals surface area contributed by atoms with E-state index in [0.29, 0.717) is 11.2 Å². The lowest BCUT2D eigenvalue weighted by atomic mass is 9.79. The van der Waals surface area contributed by atoms with Crippen LogP contribution in [0.5, 0.6) is 0 Å². The van der Waals surface area contributed by atoms with Gasteiger partial charge in [0, 0.05) is 0 Å². The normalized spacial score (nSPS) is 36.0. The number of hydrogen-bond donors (Lipinski definition) is 6. The zero-order valence-corrected chi connectivity index (χ0v) is 14.7. The first kappa shape index (κ1) is 18.2. The van der Waals surface area contributed by atoms with E-state index in [1.165, 1.54) is 10.9 Å². The van der Waals surface area contributed by atoms with E-state index < -0.39 is 30.1 Å². The predicted molar refractivity (Wildman–Crippen MR) is 91.5 cm³/mol. The molecule has 0 aromatic carbocycles. The van der Waals surface area contributed by atoms with E-state index in [0.717, 1.165) is 0 Å². The minimum absolute atomic E-state index is 0.102. The Morgan fingerprint density at radius 1 is 1.26 bits per heavy atom. The van der Waals surface area contributed by atoms with Gasteiger partial charge in [-0.15, -0.1) is 0 Å². The number of nitrogens with one attached hydrogen (secondary N) is 2. The summed E-state index contributed by atoms with van der Waals surface area (Å²) in [6.07, 6.45) is -2.35. The predicted octanol–water partition coefficient (Wildman–Crippen LogP) is -1.63. The number of hydrogen-bond acceptors (Lipinski definition) is 12. The van der Waals surface area contributed by atoms with Crippen LogP contribution in [0, 0.1) is 5.41 Å². The molecule has 0 amide bonds. The van der Waals surface area contributed by atoms with E-state index in [4.69, 9.17) is 25.9 Å². The van der Waals surface area contributed by atoms with Crippen LogP contribution in [0.25, 0.3) is 11.2 Å². The second-order valence-corrected chi connectivity index (χ2v) is 6.69. The van der Waals surface area contributed by atoms with Gasteiger partial charge in [0.1, 0.15) is 6.10 Å². The van der Waals surface area contributed by atoms with Crippen LogP contribution in [0.1, 0.15) is 20.1 Å². The van der Waals surface area contributed by atoms with Gasteiger partial charge in [-0.2, -0.15) is 9.97 Å². The van der Waals surface area contributed by atoms with Crippen molar-refractivity contribution in [3.05, 3.63) is 6.33 Å². The molecule has 13 nitrogen and oxygen atoms in total. The maximum Gasteiger partial charge on any atom is 0.241 e. The van der Waals surface area contributed by atoms with Crippen molar-refractivity contribution < 1.29 is 24.4 Å². The summed E-state index contributed by atoms with van der Waals surface area (Å²) in [5.74, 6) is 11.3. The van der Waals surface area contributed by atoms with Crippen molar-refractivity contribution in [2.24, 2.45) is 17.1 Å². The second kappa shape index (κ2) is 6.49. The van der Waals surface area contributed by atoms with Crippen LogP contribution in [0.3, 0.4) is 0 Å². The number of imidazole rings is 1. The van der Waals surface area contributed by atoms with Gasteiger partial charge in [0.15, 0.2) is 35.8 Å². The number of aliphatic hydroxyl groups is 2. The summed E-state index contributed by atoms with van der Waals surface area (Å²) in [6.45, 7) is 3.16. The average Bonchev–Trinajstić information content (AvgIpc) is 3.18. The van der Waals surface area contributed by atoms with Crippen molar-refractivity contribution in [1.82, 2.24) is 19.5 Å². The third kappa shape index (κ3) is 2.55. The van der Waals surface area contributed by atoms with Crippen LogP contribution >= 0.6 is 0 Å². The van der Waals surface area contributed by atoms with E-state index in [1.54, 1.807) is 13.8 Å². The summed E-state index contributed by atoms with van der Waals surface area (Å²) >= 11 is 0. The molecule has 2 aliphatic rings. The SMILES string of the molecule is CC1OC(C2(C)C(O)[C@@H](n3cnc4c(NN)nc(NN)nc43)O[C@@H]2CO)O1. The number of nitrogens with two attached hydrogens (primary N) is 2. The number of nitrogens with zero attached hydrogens (tertiary/aromatic N) is 4. The molecule has 0 bridgehead atoms. The Morgan fingerprint density at radius 3 is 2.59 bits per heavy atom. The van der Waals surface area contributed by atoms with Crippen molar-refractivity contribution >= 4 is 22.9 Å². The Balaban J connectivity index is 1.75. The van der Waals surface area contributed by atoms with E-state index in [-0.39, 0.29) is 24.7 Å². The Kier molecular flexibility index (Phi) is 4.38. The third-order valence-electron chi connectivity index (χ3n) is 5.17. The highest BCUT2D eigenvalue weighted by Gasteiger charge is 2.61. The van der Waals surface area contributed by atoms with Crippen molar-refractivity contribution in [1.29, 1.82) is 0 Å². The number of aliphatic hydroxyl groups excluding tert-OH is 2. The van der Waals surface area contributed by atoms with Gasteiger partial charge in [0.25, 0.3) is 0 Å². The van der Waals surface area contributed by atoms with Crippen molar-refractivity contribution in [3.8, 4) is 0 Å². The molecule has 2 unspecified atom stereocenters. The van der Waals surface area contributed by atoms with Crippen LogP contribution in [0.15, 0.2) is 6.33 Å². The topological polar surface area (TPSA) is 188 Å². The summed E-state index contributed by atoms with van der Waals surface area (Å²) in [6, 6.07) is 0. The standard InChI is InChI=1S/C14H22N8O5/c1-5-25-12(26-5)14(2)6(3-23)27-11(8(14)24)22-4-17-7-9(20-15)18-13(21-16)19-10(7)22/h4-6,8,11-12,23-24H,3,15-16H2,1-2H3,(H2,18,19,20,21)/t5?,6-,8?,11+,12?,14?/m1/s1. The molecule has 4 atom stereocenters. The third-order valence-corrected chi connectivity index (χ3v) is 5.17. The van der Waals surface area contributed by atoms with E-state index in [9.17, 15) is 10.2 Å². The van der Waals surface area contributed by atoms with Gasteiger partial charge in [-0.05, 0) is 13.8 Å². The van der Waals surface area contributed by atoms with E-state index in [1.807, 2.05) is 0 Å². The molecule has 2 fully saturated rings. The number of rotatable bonds is 5. The molecule has 0 saturated carbocycles. The maximum absolute atomic E-state index is 11.0. The highest BCUT2D eigenvalue weighted by atomic mass is 16.9. The van der Waals surface area contributed by atoms with Crippen LogP contribution < -0.4 is 22.5 Å². The molecular formula is C14H22N8O5. The molecule has 13 heteroatoms. The minimum Gasteiger partial charge on any atom is -0.394 e.